The quantitative estimate of drug-likeness (QED) is 0.294. The molecule has 0 fully saturated rings. The van der Waals surface area contributed by atoms with E-state index in [1.54, 1.807) is 103 Å². The Balaban J connectivity index is 1.68. The minimum Gasteiger partial charge on any atom is -0.372 e. The third-order valence-electron chi connectivity index (χ3n) is 6.19. The zero-order valence-electron chi connectivity index (χ0n) is 21.5. The summed E-state index contributed by atoms with van der Waals surface area (Å²) in [5, 5.41) is 12.8. The number of anilines is 1. The van der Waals surface area contributed by atoms with E-state index in [-0.39, 0.29) is 10.6 Å². The van der Waals surface area contributed by atoms with E-state index in [0.717, 1.165) is 10.6 Å². The van der Waals surface area contributed by atoms with Crippen molar-refractivity contribution >= 4 is 27.5 Å². The molecule has 0 aliphatic carbocycles. The largest absolute Gasteiger partial charge is 0.372 e. The first-order chi connectivity index (χ1) is 18.6. The predicted molar refractivity (Wildman–Crippen MR) is 149 cm³/mol. The van der Waals surface area contributed by atoms with Gasteiger partial charge in [-0.1, -0.05) is 96.6 Å². The fourth-order valence-electron chi connectivity index (χ4n) is 4.06. The Morgan fingerprint density at radius 3 is 1.72 bits per heavy atom. The molecule has 0 bridgehead atoms. The number of rotatable bonds is 8. The molecule has 0 unspecified atom stereocenters. The summed E-state index contributed by atoms with van der Waals surface area (Å²) in [6.07, 6.45) is 0. The summed E-state index contributed by atoms with van der Waals surface area (Å²) in [4.78, 5) is 27.5. The third-order valence-corrected chi connectivity index (χ3v) is 7.75. The smallest absolute Gasteiger partial charge is 0.280 e. The van der Waals surface area contributed by atoms with Crippen molar-refractivity contribution in [2.24, 2.45) is 0 Å². The molecule has 0 aliphatic heterocycles. The Bertz CT molecular complexity index is 1490. The van der Waals surface area contributed by atoms with Gasteiger partial charge in [0.15, 0.2) is 5.60 Å². The van der Waals surface area contributed by atoms with Gasteiger partial charge in [0.1, 0.15) is 6.04 Å². The molecular weight excluding hydrogens is 514 g/mol. The molecule has 0 spiro atoms. The summed E-state index contributed by atoms with van der Waals surface area (Å²) in [5.41, 5.74) is 2.15. The summed E-state index contributed by atoms with van der Waals surface area (Å²) < 4.78 is 28.3. The van der Waals surface area contributed by atoms with Crippen LogP contribution in [0.1, 0.15) is 23.6 Å². The molecule has 1 atom stereocenters. The average Bonchev–Trinajstić information content (AvgIpc) is 2.96. The zero-order chi connectivity index (χ0) is 28.0. The zero-order valence-corrected chi connectivity index (χ0v) is 22.3. The molecule has 0 aromatic heterocycles. The number of carbonyl (C=O) groups excluding carboxylic acids is 2. The lowest BCUT2D eigenvalue weighted by Gasteiger charge is -2.33. The molecule has 0 saturated heterocycles. The molecule has 4 aromatic rings. The van der Waals surface area contributed by atoms with Crippen molar-refractivity contribution in [2.75, 3.05) is 5.01 Å². The predicted octanol–water partition coefficient (Wildman–Crippen LogP) is 3.66. The van der Waals surface area contributed by atoms with Crippen molar-refractivity contribution < 1.29 is 23.1 Å². The van der Waals surface area contributed by atoms with Crippen molar-refractivity contribution in [2.45, 2.75) is 30.4 Å². The number of benzene rings is 4. The van der Waals surface area contributed by atoms with E-state index < -0.39 is 33.5 Å². The number of carbonyl (C=O) groups is 2. The van der Waals surface area contributed by atoms with Crippen LogP contribution >= 0.6 is 0 Å². The number of hydrogen-bond donors (Lipinski definition) is 3. The second-order valence-electron chi connectivity index (χ2n) is 9.05. The molecule has 3 N–H and O–H groups in total. The standard InChI is InChI=1S/C30H29N3O5S/c1-22-18-20-27(21-19-22)39(37,38)32-23(2)28(34)33(26-16-10-5-11-17-26)31-29(35)30(36,24-12-6-3-7-13-24)25-14-8-4-9-15-25/h3-21,23,32,36H,1-2H3,(H,31,35)/t23-/m0/s1. The Labute approximate surface area is 228 Å². The van der Waals surface area contributed by atoms with E-state index in [0.29, 0.717) is 11.1 Å². The van der Waals surface area contributed by atoms with Crippen molar-refractivity contribution in [1.29, 1.82) is 0 Å². The molecule has 0 radical (unpaired) electrons. The molecule has 8 nitrogen and oxygen atoms in total. The van der Waals surface area contributed by atoms with Crippen LogP contribution in [0.15, 0.2) is 120 Å². The second-order valence-corrected chi connectivity index (χ2v) is 10.8. The average molecular weight is 544 g/mol. The van der Waals surface area contributed by atoms with E-state index >= 15 is 0 Å². The lowest BCUT2D eigenvalue weighted by atomic mass is 9.85. The van der Waals surface area contributed by atoms with Crippen LogP contribution in [0.3, 0.4) is 0 Å². The molecular formula is C30H29N3O5S. The van der Waals surface area contributed by atoms with Gasteiger partial charge < -0.3 is 5.11 Å². The topological polar surface area (TPSA) is 116 Å². The van der Waals surface area contributed by atoms with Gasteiger partial charge in [-0.05, 0) is 49.2 Å². The Kier molecular flexibility index (Phi) is 8.25. The fourth-order valence-corrected chi connectivity index (χ4v) is 5.25. The van der Waals surface area contributed by atoms with Crippen molar-refractivity contribution in [3.63, 3.8) is 0 Å². The van der Waals surface area contributed by atoms with E-state index in [9.17, 15) is 23.1 Å². The highest BCUT2D eigenvalue weighted by Gasteiger charge is 2.42. The Hall–Kier alpha value is -4.31. The molecule has 4 aromatic carbocycles. The molecule has 39 heavy (non-hydrogen) atoms. The summed E-state index contributed by atoms with van der Waals surface area (Å²) in [6.45, 7) is 3.22. The number of amides is 2. The maximum Gasteiger partial charge on any atom is 0.280 e. The van der Waals surface area contributed by atoms with Crippen LogP contribution in [0.2, 0.25) is 0 Å². The normalized spacial score (nSPS) is 12.4. The van der Waals surface area contributed by atoms with E-state index in [2.05, 4.69) is 10.1 Å². The van der Waals surface area contributed by atoms with Gasteiger partial charge in [-0.3, -0.25) is 15.0 Å². The monoisotopic (exact) mass is 543 g/mol. The Morgan fingerprint density at radius 2 is 1.23 bits per heavy atom. The van der Waals surface area contributed by atoms with Gasteiger partial charge in [-0.25, -0.2) is 13.4 Å². The van der Waals surface area contributed by atoms with E-state index in [1.807, 2.05) is 6.92 Å². The SMILES string of the molecule is Cc1ccc(S(=O)(=O)N[C@@H](C)C(=O)N(NC(=O)C(O)(c2ccccc2)c2ccccc2)c2ccccc2)cc1. The number of para-hydroxylation sites is 1. The molecule has 200 valence electrons. The minimum absolute atomic E-state index is 0.00516. The van der Waals surface area contributed by atoms with Crippen molar-refractivity contribution in [3.8, 4) is 0 Å². The maximum absolute atomic E-state index is 13.8. The summed E-state index contributed by atoms with van der Waals surface area (Å²) in [6, 6.07) is 29.9. The van der Waals surface area contributed by atoms with Gasteiger partial charge in [-0.2, -0.15) is 4.72 Å². The number of hydrazine groups is 1. The van der Waals surface area contributed by atoms with E-state index in [1.165, 1.54) is 19.1 Å². The number of nitrogens with one attached hydrogen (secondary N) is 2. The first-order valence-electron chi connectivity index (χ1n) is 12.3. The summed E-state index contributed by atoms with van der Waals surface area (Å²) >= 11 is 0. The van der Waals surface area contributed by atoms with Crippen molar-refractivity contribution in [3.05, 3.63) is 132 Å². The van der Waals surface area contributed by atoms with Crippen LogP contribution in [0.4, 0.5) is 5.69 Å². The molecule has 0 saturated carbocycles. The number of aryl methyl sites for hydroxylation is 1. The van der Waals surface area contributed by atoms with Gasteiger partial charge in [0.25, 0.3) is 11.8 Å². The van der Waals surface area contributed by atoms with Gasteiger partial charge >= 0.3 is 0 Å². The Morgan fingerprint density at radius 1 is 0.769 bits per heavy atom. The van der Waals surface area contributed by atoms with Crippen LogP contribution < -0.4 is 15.2 Å². The molecule has 4 rings (SSSR count). The number of sulfonamides is 1. The van der Waals surface area contributed by atoms with Crippen LogP contribution in [-0.2, 0) is 25.2 Å². The molecule has 2 amide bonds. The van der Waals surface area contributed by atoms with Gasteiger partial charge in [-0.15, -0.1) is 0 Å². The molecule has 9 heteroatoms. The first-order valence-corrected chi connectivity index (χ1v) is 13.7. The maximum atomic E-state index is 13.8. The number of hydrogen-bond acceptors (Lipinski definition) is 5. The lowest BCUT2D eigenvalue weighted by molar-refractivity contribution is -0.138. The van der Waals surface area contributed by atoms with Crippen LogP contribution in [0, 0.1) is 6.92 Å². The van der Waals surface area contributed by atoms with Gasteiger partial charge in [0.2, 0.25) is 10.0 Å². The highest BCUT2D eigenvalue weighted by atomic mass is 32.2. The highest BCUT2D eigenvalue weighted by Crippen LogP contribution is 2.30. The van der Waals surface area contributed by atoms with Crippen LogP contribution in [0.5, 0.6) is 0 Å². The summed E-state index contributed by atoms with van der Waals surface area (Å²) in [7, 11) is -4.04. The lowest BCUT2D eigenvalue weighted by Crippen LogP contribution is -2.58. The molecule has 0 heterocycles. The second kappa shape index (κ2) is 11.6. The van der Waals surface area contributed by atoms with Crippen molar-refractivity contribution in [1.82, 2.24) is 10.1 Å². The fraction of sp³-hybridized carbons (Fsp3) is 0.133. The van der Waals surface area contributed by atoms with Gasteiger partial charge in [0.05, 0.1) is 10.6 Å². The summed E-state index contributed by atoms with van der Waals surface area (Å²) in [5.74, 6) is -1.65. The third kappa shape index (κ3) is 6.06. The highest BCUT2D eigenvalue weighted by molar-refractivity contribution is 7.89. The number of nitrogens with zero attached hydrogens (tertiary/aromatic N) is 1. The van der Waals surface area contributed by atoms with Gasteiger partial charge in [0, 0.05) is 0 Å². The first kappa shape index (κ1) is 27.7. The van der Waals surface area contributed by atoms with E-state index in [4.69, 9.17) is 0 Å². The van der Waals surface area contributed by atoms with Crippen LogP contribution in [0.25, 0.3) is 0 Å². The number of aliphatic hydroxyl groups is 1. The molecule has 0 aliphatic rings. The van der Waals surface area contributed by atoms with Crippen LogP contribution in [-0.4, -0.2) is 31.4 Å². The minimum atomic E-state index is -4.04.